The number of halogens is 1. The van der Waals surface area contributed by atoms with E-state index in [1.807, 2.05) is 56.3 Å². The minimum absolute atomic E-state index is 0.00972. The molecule has 3 heteroatoms. The Balaban J connectivity index is 2.10. The van der Waals surface area contributed by atoms with Gasteiger partial charge < -0.3 is 5.32 Å². The van der Waals surface area contributed by atoms with E-state index < -0.39 is 0 Å². The second-order valence-corrected chi connectivity index (χ2v) is 5.53. The zero-order valence-electron chi connectivity index (χ0n) is 11.0. The SMILES string of the molecule is Cc1ccccc1CC(=O)Nc1cc(Br)ccc1C. The van der Waals surface area contributed by atoms with Gasteiger partial charge in [-0.05, 0) is 42.7 Å². The molecule has 1 N–H and O–H groups in total. The Labute approximate surface area is 122 Å². The van der Waals surface area contributed by atoms with Gasteiger partial charge in [0, 0.05) is 10.2 Å². The van der Waals surface area contributed by atoms with Gasteiger partial charge in [-0.2, -0.15) is 0 Å². The predicted octanol–water partition coefficient (Wildman–Crippen LogP) is 4.25. The van der Waals surface area contributed by atoms with Crippen LogP contribution < -0.4 is 5.32 Å². The lowest BCUT2D eigenvalue weighted by atomic mass is 10.1. The second-order valence-electron chi connectivity index (χ2n) is 4.61. The molecule has 0 aliphatic carbocycles. The maximum atomic E-state index is 12.1. The van der Waals surface area contributed by atoms with Gasteiger partial charge in [-0.25, -0.2) is 0 Å². The van der Waals surface area contributed by atoms with Crippen LogP contribution in [0.5, 0.6) is 0 Å². The van der Waals surface area contributed by atoms with Crippen molar-refractivity contribution in [3.05, 3.63) is 63.6 Å². The van der Waals surface area contributed by atoms with E-state index in [0.717, 1.165) is 26.9 Å². The summed E-state index contributed by atoms with van der Waals surface area (Å²) in [6, 6.07) is 13.8. The van der Waals surface area contributed by atoms with Crippen molar-refractivity contribution in [2.45, 2.75) is 20.3 Å². The number of amides is 1. The van der Waals surface area contributed by atoms with E-state index in [4.69, 9.17) is 0 Å². The molecule has 0 bridgehead atoms. The maximum absolute atomic E-state index is 12.1. The highest BCUT2D eigenvalue weighted by molar-refractivity contribution is 9.10. The fourth-order valence-corrected chi connectivity index (χ4v) is 2.27. The van der Waals surface area contributed by atoms with E-state index in [1.165, 1.54) is 0 Å². The fourth-order valence-electron chi connectivity index (χ4n) is 1.90. The number of carbonyl (C=O) groups is 1. The summed E-state index contributed by atoms with van der Waals surface area (Å²) in [6.07, 6.45) is 0.401. The van der Waals surface area contributed by atoms with Crippen LogP contribution in [0.4, 0.5) is 5.69 Å². The molecule has 2 aromatic carbocycles. The third-order valence-corrected chi connectivity index (χ3v) is 3.58. The molecule has 0 radical (unpaired) electrons. The highest BCUT2D eigenvalue weighted by atomic mass is 79.9. The number of rotatable bonds is 3. The summed E-state index contributed by atoms with van der Waals surface area (Å²) in [7, 11) is 0. The van der Waals surface area contributed by atoms with Gasteiger partial charge in [-0.1, -0.05) is 46.3 Å². The number of carbonyl (C=O) groups excluding carboxylic acids is 1. The molecule has 19 heavy (non-hydrogen) atoms. The number of benzene rings is 2. The largest absolute Gasteiger partial charge is 0.326 e. The third kappa shape index (κ3) is 3.67. The average molecular weight is 318 g/mol. The predicted molar refractivity (Wildman–Crippen MR) is 82.4 cm³/mol. The molecule has 0 fully saturated rings. The summed E-state index contributed by atoms with van der Waals surface area (Å²) in [6.45, 7) is 4.00. The second kappa shape index (κ2) is 6.02. The van der Waals surface area contributed by atoms with Crippen molar-refractivity contribution in [1.29, 1.82) is 0 Å². The minimum atomic E-state index is 0.00972. The van der Waals surface area contributed by atoms with E-state index in [1.54, 1.807) is 0 Å². The first kappa shape index (κ1) is 13.8. The van der Waals surface area contributed by atoms with Gasteiger partial charge in [-0.3, -0.25) is 4.79 Å². The minimum Gasteiger partial charge on any atom is -0.326 e. The fraction of sp³-hybridized carbons (Fsp3) is 0.188. The molecular formula is C16H16BrNO. The first-order chi connectivity index (χ1) is 9.06. The molecule has 0 saturated heterocycles. The van der Waals surface area contributed by atoms with E-state index in [-0.39, 0.29) is 5.91 Å². The van der Waals surface area contributed by atoms with Crippen LogP contribution in [0.2, 0.25) is 0 Å². The molecule has 0 aliphatic rings. The molecule has 0 unspecified atom stereocenters. The lowest BCUT2D eigenvalue weighted by molar-refractivity contribution is -0.115. The summed E-state index contributed by atoms with van der Waals surface area (Å²) < 4.78 is 0.962. The molecule has 0 aliphatic heterocycles. The molecule has 1 amide bonds. The van der Waals surface area contributed by atoms with Gasteiger partial charge in [-0.15, -0.1) is 0 Å². The first-order valence-corrected chi connectivity index (χ1v) is 6.96. The quantitative estimate of drug-likeness (QED) is 0.901. The van der Waals surface area contributed by atoms with Crippen LogP contribution in [0.1, 0.15) is 16.7 Å². The van der Waals surface area contributed by atoms with Crippen LogP contribution in [0.25, 0.3) is 0 Å². The summed E-state index contributed by atoms with van der Waals surface area (Å²) in [5, 5.41) is 2.96. The van der Waals surface area contributed by atoms with Crippen LogP contribution in [-0.4, -0.2) is 5.91 Å². The lowest BCUT2D eigenvalue weighted by Gasteiger charge is -2.10. The zero-order chi connectivity index (χ0) is 13.8. The average Bonchev–Trinajstić information content (AvgIpc) is 2.37. The number of hydrogen-bond acceptors (Lipinski definition) is 1. The van der Waals surface area contributed by atoms with Gasteiger partial charge in [0.15, 0.2) is 0 Å². The molecular weight excluding hydrogens is 302 g/mol. The van der Waals surface area contributed by atoms with Crippen LogP contribution in [0.15, 0.2) is 46.9 Å². The smallest absolute Gasteiger partial charge is 0.228 e. The normalized spacial score (nSPS) is 10.3. The van der Waals surface area contributed by atoms with Crippen LogP contribution >= 0.6 is 15.9 Å². The molecule has 98 valence electrons. The Morgan fingerprint density at radius 3 is 2.58 bits per heavy atom. The van der Waals surface area contributed by atoms with E-state index in [0.29, 0.717) is 6.42 Å². The first-order valence-electron chi connectivity index (χ1n) is 6.17. The van der Waals surface area contributed by atoms with E-state index in [2.05, 4.69) is 21.2 Å². The Kier molecular flexibility index (Phi) is 4.38. The Hall–Kier alpha value is -1.61. The van der Waals surface area contributed by atoms with Crippen molar-refractivity contribution in [3.8, 4) is 0 Å². The molecule has 0 heterocycles. The number of aryl methyl sites for hydroxylation is 2. The van der Waals surface area contributed by atoms with Gasteiger partial charge in [0.05, 0.1) is 6.42 Å². The van der Waals surface area contributed by atoms with Gasteiger partial charge >= 0.3 is 0 Å². The highest BCUT2D eigenvalue weighted by Crippen LogP contribution is 2.21. The van der Waals surface area contributed by atoms with Crippen LogP contribution in [0.3, 0.4) is 0 Å². The molecule has 2 nitrogen and oxygen atoms in total. The molecule has 0 saturated carbocycles. The maximum Gasteiger partial charge on any atom is 0.228 e. The standard InChI is InChI=1S/C16H16BrNO/c1-11-5-3-4-6-13(11)9-16(19)18-15-10-14(17)8-7-12(15)2/h3-8,10H,9H2,1-2H3,(H,18,19). The zero-order valence-corrected chi connectivity index (χ0v) is 12.6. The Morgan fingerprint density at radius 2 is 1.84 bits per heavy atom. The topological polar surface area (TPSA) is 29.1 Å². The van der Waals surface area contributed by atoms with Gasteiger partial charge in [0.25, 0.3) is 0 Å². The molecule has 2 rings (SSSR count). The van der Waals surface area contributed by atoms with Crippen molar-refractivity contribution in [3.63, 3.8) is 0 Å². The Bertz CT molecular complexity index is 607. The van der Waals surface area contributed by atoms with Crippen molar-refractivity contribution >= 4 is 27.5 Å². The van der Waals surface area contributed by atoms with Crippen molar-refractivity contribution in [2.24, 2.45) is 0 Å². The van der Waals surface area contributed by atoms with E-state index in [9.17, 15) is 4.79 Å². The third-order valence-electron chi connectivity index (χ3n) is 3.09. The lowest BCUT2D eigenvalue weighted by Crippen LogP contribution is -2.15. The molecule has 2 aromatic rings. The number of anilines is 1. The van der Waals surface area contributed by atoms with Crippen molar-refractivity contribution in [2.75, 3.05) is 5.32 Å². The van der Waals surface area contributed by atoms with Gasteiger partial charge in [0.1, 0.15) is 0 Å². The number of nitrogens with one attached hydrogen (secondary N) is 1. The van der Waals surface area contributed by atoms with E-state index >= 15 is 0 Å². The summed E-state index contributed by atoms with van der Waals surface area (Å²) in [4.78, 5) is 12.1. The van der Waals surface area contributed by atoms with Crippen LogP contribution in [0, 0.1) is 13.8 Å². The Morgan fingerprint density at radius 1 is 1.11 bits per heavy atom. The highest BCUT2D eigenvalue weighted by Gasteiger charge is 2.07. The molecule has 0 spiro atoms. The van der Waals surface area contributed by atoms with Crippen LogP contribution in [-0.2, 0) is 11.2 Å². The van der Waals surface area contributed by atoms with Gasteiger partial charge in [0.2, 0.25) is 5.91 Å². The summed E-state index contributed by atoms with van der Waals surface area (Å²) in [5.74, 6) is 0.00972. The van der Waals surface area contributed by atoms with Crippen molar-refractivity contribution in [1.82, 2.24) is 0 Å². The summed E-state index contributed by atoms with van der Waals surface area (Å²) in [5.41, 5.74) is 4.12. The molecule has 0 aromatic heterocycles. The monoisotopic (exact) mass is 317 g/mol. The number of hydrogen-bond donors (Lipinski definition) is 1. The summed E-state index contributed by atoms with van der Waals surface area (Å²) >= 11 is 3.41. The van der Waals surface area contributed by atoms with Crippen molar-refractivity contribution < 1.29 is 4.79 Å². The molecule has 0 atom stereocenters.